The molecule has 3 atom stereocenters. The lowest BCUT2D eigenvalue weighted by atomic mass is 9.62. The van der Waals surface area contributed by atoms with Crippen molar-refractivity contribution in [1.82, 2.24) is 5.32 Å². The van der Waals surface area contributed by atoms with Gasteiger partial charge in [0.1, 0.15) is 5.83 Å². The molecule has 2 rings (SSSR count). The fourth-order valence-corrected chi connectivity index (χ4v) is 2.60. The SMILES string of the molecule is CC[C@@]1(C)C(=O)NC2C=CC(F)=CC21C. The van der Waals surface area contributed by atoms with Crippen molar-refractivity contribution < 1.29 is 9.18 Å². The van der Waals surface area contributed by atoms with Gasteiger partial charge in [0.25, 0.3) is 0 Å². The van der Waals surface area contributed by atoms with Crippen LogP contribution in [0.15, 0.2) is 24.1 Å². The Labute approximate surface area is 89.2 Å². The van der Waals surface area contributed by atoms with E-state index in [1.165, 1.54) is 6.08 Å². The Bertz CT molecular complexity index is 374. The van der Waals surface area contributed by atoms with Crippen LogP contribution in [0.2, 0.25) is 0 Å². The third kappa shape index (κ3) is 1.12. The van der Waals surface area contributed by atoms with Crippen molar-refractivity contribution in [3.05, 3.63) is 24.1 Å². The van der Waals surface area contributed by atoms with E-state index in [-0.39, 0.29) is 17.8 Å². The summed E-state index contributed by atoms with van der Waals surface area (Å²) in [4.78, 5) is 11.9. The van der Waals surface area contributed by atoms with Gasteiger partial charge in [0.05, 0.1) is 11.5 Å². The molecule has 0 aromatic carbocycles. The van der Waals surface area contributed by atoms with E-state index in [4.69, 9.17) is 0 Å². The van der Waals surface area contributed by atoms with Crippen molar-refractivity contribution >= 4 is 5.91 Å². The highest BCUT2D eigenvalue weighted by Crippen LogP contribution is 2.52. The third-order valence-corrected chi connectivity index (χ3v) is 4.22. The molecule has 3 heteroatoms. The first kappa shape index (κ1) is 10.4. The minimum absolute atomic E-state index is 0.0214. The molecule has 1 N–H and O–H groups in total. The lowest BCUT2D eigenvalue weighted by molar-refractivity contribution is -0.129. The second-order valence-corrected chi connectivity index (χ2v) is 4.81. The summed E-state index contributed by atoms with van der Waals surface area (Å²) in [7, 11) is 0. The minimum atomic E-state index is -0.514. The van der Waals surface area contributed by atoms with Gasteiger partial charge in [0, 0.05) is 5.41 Å². The average Bonchev–Trinajstić information content (AvgIpc) is 2.38. The molecular formula is C12H16FNO. The van der Waals surface area contributed by atoms with Crippen molar-refractivity contribution in [2.75, 3.05) is 0 Å². The Morgan fingerprint density at radius 3 is 2.80 bits per heavy atom. The number of rotatable bonds is 1. The zero-order chi connectivity index (χ0) is 11.3. The highest BCUT2D eigenvalue weighted by atomic mass is 19.1. The van der Waals surface area contributed by atoms with Crippen molar-refractivity contribution in [1.29, 1.82) is 0 Å². The summed E-state index contributed by atoms with van der Waals surface area (Å²) in [6.45, 7) is 5.82. The fourth-order valence-electron chi connectivity index (χ4n) is 2.60. The smallest absolute Gasteiger partial charge is 0.227 e. The molecule has 1 amide bonds. The topological polar surface area (TPSA) is 29.1 Å². The Balaban J connectivity index is 2.53. The quantitative estimate of drug-likeness (QED) is 0.705. The maximum Gasteiger partial charge on any atom is 0.227 e. The summed E-state index contributed by atoms with van der Waals surface area (Å²) in [5, 5.41) is 2.92. The molecule has 82 valence electrons. The molecule has 0 bridgehead atoms. The molecule has 15 heavy (non-hydrogen) atoms. The second kappa shape index (κ2) is 2.94. The predicted molar refractivity (Wildman–Crippen MR) is 56.8 cm³/mol. The lowest BCUT2D eigenvalue weighted by Crippen LogP contribution is -2.40. The summed E-state index contributed by atoms with van der Waals surface area (Å²) >= 11 is 0. The molecule has 2 nitrogen and oxygen atoms in total. The number of carbonyl (C=O) groups is 1. The van der Waals surface area contributed by atoms with E-state index in [2.05, 4.69) is 5.32 Å². The standard InChI is InChI=1S/C12H16FNO/c1-4-11(2)10(15)14-9-6-5-8(13)7-12(9,11)3/h5-7,9H,4H2,1-3H3,(H,14,15)/t9?,11-,12?/m0/s1. The normalized spacial score (nSPS) is 43.6. The summed E-state index contributed by atoms with van der Waals surface area (Å²) < 4.78 is 13.3. The predicted octanol–water partition coefficient (Wildman–Crippen LogP) is 2.33. The number of carbonyl (C=O) groups excluding carboxylic acids is 1. The van der Waals surface area contributed by atoms with Gasteiger partial charge < -0.3 is 5.32 Å². The Hall–Kier alpha value is -1.12. The maximum atomic E-state index is 13.3. The number of fused-ring (bicyclic) bond motifs is 1. The van der Waals surface area contributed by atoms with Crippen molar-refractivity contribution in [2.24, 2.45) is 10.8 Å². The van der Waals surface area contributed by atoms with Gasteiger partial charge in [-0.2, -0.15) is 0 Å². The van der Waals surface area contributed by atoms with E-state index in [1.54, 1.807) is 12.2 Å². The van der Waals surface area contributed by atoms with Gasteiger partial charge in [-0.25, -0.2) is 4.39 Å². The Morgan fingerprint density at radius 1 is 1.53 bits per heavy atom. The Kier molecular flexibility index (Phi) is 2.04. The molecule has 1 aliphatic heterocycles. The molecule has 0 spiro atoms. The number of nitrogens with one attached hydrogen (secondary N) is 1. The van der Waals surface area contributed by atoms with Crippen molar-refractivity contribution in [3.63, 3.8) is 0 Å². The summed E-state index contributed by atoms with van der Waals surface area (Å²) in [5.41, 5.74) is -0.961. The molecule has 0 radical (unpaired) electrons. The van der Waals surface area contributed by atoms with E-state index < -0.39 is 10.8 Å². The zero-order valence-corrected chi connectivity index (χ0v) is 9.30. The minimum Gasteiger partial charge on any atom is -0.348 e. The lowest BCUT2D eigenvalue weighted by Gasteiger charge is -2.39. The van der Waals surface area contributed by atoms with Crippen molar-refractivity contribution in [2.45, 2.75) is 33.2 Å². The van der Waals surface area contributed by atoms with Crippen LogP contribution >= 0.6 is 0 Å². The van der Waals surface area contributed by atoms with Gasteiger partial charge in [0.2, 0.25) is 5.91 Å². The average molecular weight is 209 g/mol. The molecule has 2 unspecified atom stereocenters. The maximum absolute atomic E-state index is 13.3. The first-order valence-corrected chi connectivity index (χ1v) is 5.31. The number of allylic oxidation sites excluding steroid dienone is 2. The number of hydrogen-bond acceptors (Lipinski definition) is 1. The van der Waals surface area contributed by atoms with Gasteiger partial charge in [-0.3, -0.25) is 4.79 Å². The zero-order valence-electron chi connectivity index (χ0n) is 9.30. The number of halogens is 1. The van der Waals surface area contributed by atoms with Crippen molar-refractivity contribution in [3.8, 4) is 0 Å². The van der Waals surface area contributed by atoms with Crippen LogP contribution in [0.5, 0.6) is 0 Å². The molecule has 0 saturated carbocycles. The molecule has 0 aromatic heterocycles. The van der Waals surface area contributed by atoms with E-state index in [9.17, 15) is 9.18 Å². The van der Waals surface area contributed by atoms with E-state index >= 15 is 0 Å². The molecule has 2 aliphatic rings. The Morgan fingerprint density at radius 2 is 2.20 bits per heavy atom. The fraction of sp³-hybridized carbons (Fsp3) is 0.583. The van der Waals surface area contributed by atoms with Crippen LogP contribution in [-0.2, 0) is 4.79 Å². The van der Waals surface area contributed by atoms with Crippen LogP contribution in [0.4, 0.5) is 4.39 Å². The van der Waals surface area contributed by atoms with E-state index in [1.807, 2.05) is 20.8 Å². The highest BCUT2D eigenvalue weighted by molar-refractivity contribution is 5.87. The molecular weight excluding hydrogens is 193 g/mol. The molecule has 1 fully saturated rings. The van der Waals surface area contributed by atoms with Gasteiger partial charge in [0.15, 0.2) is 0 Å². The van der Waals surface area contributed by atoms with Crippen LogP contribution in [-0.4, -0.2) is 11.9 Å². The molecule has 1 aliphatic carbocycles. The summed E-state index contributed by atoms with van der Waals surface area (Å²) in [6, 6.07) is -0.0746. The van der Waals surface area contributed by atoms with Crippen LogP contribution in [0.1, 0.15) is 27.2 Å². The number of amides is 1. The summed E-state index contributed by atoms with van der Waals surface area (Å²) in [5.74, 6) is -0.224. The second-order valence-electron chi connectivity index (χ2n) is 4.81. The highest BCUT2D eigenvalue weighted by Gasteiger charge is 2.58. The molecule has 1 saturated heterocycles. The molecule has 1 heterocycles. The van der Waals surface area contributed by atoms with Gasteiger partial charge >= 0.3 is 0 Å². The van der Waals surface area contributed by atoms with Gasteiger partial charge in [-0.1, -0.05) is 19.9 Å². The first-order chi connectivity index (χ1) is 6.94. The largest absolute Gasteiger partial charge is 0.348 e. The van der Waals surface area contributed by atoms with Crippen LogP contribution in [0.3, 0.4) is 0 Å². The van der Waals surface area contributed by atoms with Gasteiger partial charge in [-0.15, -0.1) is 0 Å². The summed E-state index contributed by atoms with van der Waals surface area (Å²) in [6.07, 6.45) is 5.46. The van der Waals surface area contributed by atoms with Gasteiger partial charge in [-0.05, 0) is 25.5 Å². The van der Waals surface area contributed by atoms with E-state index in [0.717, 1.165) is 0 Å². The first-order valence-electron chi connectivity index (χ1n) is 5.31. The molecule has 0 aromatic rings. The number of hydrogen-bond donors (Lipinski definition) is 1. The van der Waals surface area contributed by atoms with Crippen LogP contribution in [0.25, 0.3) is 0 Å². The van der Waals surface area contributed by atoms with E-state index in [0.29, 0.717) is 6.42 Å². The monoisotopic (exact) mass is 209 g/mol. The third-order valence-electron chi connectivity index (χ3n) is 4.22. The van der Waals surface area contributed by atoms with Crippen LogP contribution in [0, 0.1) is 10.8 Å². The van der Waals surface area contributed by atoms with Crippen LogP contribution < -0.4 is 5.32 Å².